The summed E-state index contributed by atoms with van der Waals surface area (Å²) in [6.45, 7) is 6.12. The maximum atomic E-state index is 12.6. The number of carbonyl (C=O) groups is 2. The van der Waals surface area contributed by atoms with E-state index in [0.717, 1.165) is 10.7 Å². The van der Waals surface area contributed by atoms with Crippen LogP contribution in [0.5, 0.6) is 0 Å². The molecule has 2 N–H and O–H groups in total. The number of carbonyl (C=O) groups excluding carboxylic acids is 2. The standard InChI is InChI=1S/C17H25ClN4O3S/c1-11-15(18)26-14(21-11)2-3-20-16(23)12-8-13(10-19-9-12)17(24)22-4-6-25-7-5-22/h12-13,19H,2-10H2,1H3,(H,20,23)/t12-,13-/m0/s1. The van der Waals surface area contributed by atoms with Crippen molar-refractivity contribution in [3.8, 4) is 0 Å². The summed E-state index contributed by atoms with van der Waals surface area (Å²) in [6, 6.07) is 0. The van der Waals surface area contributed by atoms with Gasteiger partial charge in [-0.25, -0.2) is 4.98 Å². The number of thiazole rings is 1. The monoisotopic (exact) mass is 400 g/mol. The molecule has 3 heterocycles. The van der Waals surface area contributed by atoms with E-state index in [1.807, 2.05) is 11.8 Å². The van der Waals surface area contributed by atoms with Crippen molar-refractivity contribution in [3.63, 3.8) is 0 Å². The minimum absolute atomic E-state index is 0.00338. The van der Waals surface area contributed by atoms with E-state index in [-0.39, 0.29) is 23.7 Å². The van der Waals surface area contributed by atoms with Gasteiger partial charge in [0.2, 0.25) is 11.8 Å². The zero-order valence-corrected chi connectivity index (χ0v) is 16.5. The number of halogens is 1. The molecule has 1 aromatic rings. The third kappa shape index (κ3) is 4.94. The zero-order chi connectivity index (χ0) is 18.5. The number of amides is 2. The highest BCUT2D eigenvalue weighted by Gasteiger charge is 2.33. The van der Waals surface area contributed by atoms with Crippen molar-refractivity contribution in [2.24, 2.45) is 11.8 Å². The normalized spacial score (nSPS) is 23.7. The van der Waals surface area contributed by atoms with Crippen LogP contribution in [0.3, 0.4) is 0 Å². The molecule has 2 saturated heterocycles. The summed E-state index contributed by atoms with van der Waals surface area (Å²) in [4.78, 5) is 31.3. The summed E-state index contributed by atoms with van der Waals surface area (Å²) in [7, 11) is 0. The van der Waals surface area contributed by atoms with Gasteiger partial charge in [0.25, 0.3) is 0 Å². The van der Waals surface area contributed by atoms with Crippen LogP contribution in [0.15, 0.2) is 0 Å². The molecule has 0 bridgehead atoms. The molecule has 2 amide bonds. The van der Waals surface area contributed by atoms with Crippen LogP contribution in [0.4, 0.5) is 0 Å². The fraction of sp³-hybridized carbons (Fsp3) is 0.706. The molecule has 2 aliphatic rings. The van der Waals surface area contributed by atoms with Crippen LogP contribution < -0.4 is 10.6 Å². The molecule has 3 rings (SSSR count). The van der Waals surface area contributed by atoms with Gasteiger partial charge in [-0.2, -0.15) is 0 Å². The van der Waals surface area contributed by atoms with Gasteiger partial charge in [-0.3, -0.25) is 9.59 Å². The first-order valence-electron chi connectivity index (χ1n) is 9.01. The van der Waals surface area contributed by atoms with Gasteiger partial charge < -0.3 is 20.3 Å². The Morgan fingerprint density at radius 3 is 2.77 bits per heavy atom. The maximum absolute atomic E-state index is 12.6. The number of ether oxygens (including phenoxy) is 1. The average Bonchev–Trinajstić information content (AvgIpc) is 2.99. The number of hydrogen-bond donors (Lipinski definition) is 2. The first kappa shape index (κ1) is 19.5. The number of nitrogens with one attached hydrogen (secondary N) is 2. The quantitative estimate of drug-likeness (QED) is 0.765. The van der Waals surface area contributed by atoms with Crippen molar-refractivity contribution >= 4 is 34.8 Å². The average molecular weight is 401 g/mol. The van der Waals surface area contributed by atoms with E-state index in [1.165, 1.54) is 11.3 Å². The van der Waals surface area contributed by atoms with Crippen LogP contribution in [0.1, 0.15) is 17.1 Å². The van der Waals surface area contributed by atoms with E-state index < -0.39 is 0 Å². The SMILES string of the molecule is Cc1nc(CCNC(=O)[C@@H]2CNC[C@@H](C(=O)N3CCOCC3)C2)sc1Cl. The summed E-state index contributed by atoms with van der Waals surface area (Å²) in [6.07, 6.45) is 1.26. The van der Waals surface area contributed by atoms with Crippen molar-refractivity contribution in [2.45, 2.75) is 19.8 Å². The Hall–Kier alpha value is -1.22. The molecule has 2 atom stereocenters. The number of morpholine rings is 1. The summed E-state index contributed by atoms with van der Waals surface area (Å²) in [5, 5.41) is 7.13. The Labute approximate surface area is 162 Å². The minimum Gasteiger partial charge on any atom is -0.378 e. The highest BCUT2D eigenvalue weighted by molar-refractivity contribution is 7.16. The molecule has 0 saturated carbocycles. The first-order valence-corrected chi connectivity index (χ1v) is 10.2. The minimum atomic E-state index is -0.180. The van der Waals surface area contributed by atoms with Crippen molar-refractivity contribution in [1.29, 1.82) is 0 Å². The molecule has 2 fully saturated rings. The molecule has 2 aliphatic heterocycles. The molecule has 0 aromatic carbocycles. The molecule has 1 aromatic heterocycles. The van der Waals surface area contributed by atoms with Crippen LogP contribution in [0.2, 0.25) is 4.34 Å². The summed E-state index contributed by atoms with van der Waals surface area (Å²) in [5.41, 5.74) is 0.832. The molecule has 0 radical (unpaired) electrons. The molecule has 144 valence electrons. The third-order valence-electron chi connectivity index (χ3n) is 4.82. The van der Waals surface area contributed by atoms with Crippen molar-refractivity contribution in [3.05, 3.63) is 15.0 Å². The molecular weight excluding hydrogens is 376 g/mol. The van der Waals surface area contributed by atoms with E-state index in [2.05, 4.69) is 15.6 Å². The van der Waals surface area contributed by atoms with Gasteiger partial charge >= 0.3 is 0 Å². The highest BCUT2D eigenvalue weighted by atomic mass is 35.5. The largest absolute Gasteiger partial charge is 0.378 e. The Bertz CT molecular complexity index is 628. The maximum Gasteiger partial charge on any atom is 0.227 e. The number of rotatable bonds is 5. The van der Waals surface area contributed by atoms with E-state index in [9.17, 15) is 9.59 Å². The van der Waals surface area contributed by atoms with E-state index in [4.69, 9.17) is 16.3 Å². The topological polar surface area (TPSA) is 83.6 Å². The Kier molecular flexibility index (Phi) is 6.86. The molecule has 9 heteroatoms. The third-order valence-corrected chi connectivity index (χ3v) is 6.33. The Morgan fingerprint density at radius 2 is 2.08 bits per heavy atom. The van der Waals surface area contributed by atoms with Gasteiger partial charge in [-0.1, -0.05) is 11.6 Å². The Balaban J connectivity index is 1.45. The van der Waals surface area contributed by atoms with Gasteiger partial charge in [0.1, 0.15) is 4.34 Å². The second kappa shape index (κ2) is 9.12. The van der Waals surface area contributed by atoms with Crippen LogP contribution in [-0.2, 0) is 20.7 Å². The smallest absolute Gasteiger partial charge is 0.227 e. The first-order chi connectivity index (χ1) is 12.5. The fourth-order valence-corrected chi connectivity index (χ4v) is 4.44. The van der Waals surface area contributed by atoms with Gasteiger partial charge in [0, 0.05) is 39.1 Å². The van der Waals surface area contributed by atoms with Gasteiger partial charge in [0.05, 0.1) is 35.8 Å². The van der Waals surface area contributed by atoms with Crippen molar-refractivity contribution in [2.75, 3.05) is 45.9 Å². The van der Waals surface area contributed by atoms with Crippen molar-refractivity contribution < 1.29 is 14.3 Å². The highest BCUT2D eigenvalue weighted by Crippen LogP contribution is 2.23. The second-order valence-corrected chi connectivity index (χ2v) is 8.42. The lowest BCUT2D eigenvalue weighted by Gasteiger charge is -2.34. The molecular formula is C17H25ClN4O3S. The number of aryl methyl sites for hydroxylation is 1. The van der Waals surface area contributed by atoms with Crippen LogP contribution in [-0.4, -0.2) is 67.6 Å². The fourth-order valence-electron chi connectivity index (χ4n) is 3.35. The van der Waals surface area contributed by atoms with Gasteiger partial charge in [-0.15, -0.1) is 11.3 Å². The number of piperidine rings is 1. The van der Waals surface area contributed by atoms with Gasteiger partial charge in [-0.05, 0) is 13.3 Å². The zero-order valence-electron chi connectivity index (χ0n) is 14.9. The lowest BCUT2D eigenvalue weighted by molar-refractivity contribution is -0.141. The van der Waals surface area contributed by atoms with E-state index in [1.54, 1.807) is 0 Å². The van der Waals surface area contributed by atoms with E-state index in [0.29, 0.717) is 63.1 Å². The summed E-state index contributed by atoms with van der Waals surface area (Å²) >= 11 is 7.47. The Morgan fingerprint density at radius 1 is 1.35 bits per heavy atom. The number of aromatic nitrogens is 1. The summed E-state index contributed by atoms with van der Waals surface area (Å²) < 4.78 is 6.00. The van der Waals surface area contributed by atoms with Crippen LogP contribution in [0, 0.1) is 18.8 Å². The lowest BCUT2D eigenvalue weighted by atomic mass is 9.88. The summed E-state index contributed by atoms with van der Waals surface area (Å²) in [5.74, 6) is -0.194. The molecule has 0 aliphatic carbocycles. The van der Waals surface area contributed by atoms with Crippen LogP contribution >= 0.6 is 22.9 Å². The van der Waals surface area contributed by atoms with Crippen LogP contribution in [0.25, 0.3) is 0 Å². The predicted octanol–water partition coefficient (Wildman–Crippen LogP) is 0.848. The number of hydrogen-bond acceptors (Lipinski definition) is 6. The number of nitrogens with zero attached hydrogens (tertiary/aromatic N) is 2. The molecule has 0 unspecified atom stereocenters. The van der Waals surface area contributed by atoms with Gasteiger partial charge in [0.15, 0.2) is 0 Å². The lowest BCUT2D eigenvalue weighted by Crippen LogP contribution is -2.51. The predicted molar refractivity (Wildman–Crippen MR) is 100 cm³/mol. The molecule has 7 nitrogen and oxygen atoms in total. The molecule has 0 spiro atoms. The van der Waals surface area contributed by atoms with Crippen molar-refractivity contribution in [1.82, 2.24) is 20.5 Å². The second-order valence-electron chi connectivity index (χ2n) is 6.73. The molecule has 26 heavy (non-hydrogen) atoms. The van der Waals surface area contributed by atoms with E-state index >= 15 is 0 Å².